The highest BCUT2D eigenvalue weighted by Crippen LogP contribution is 2.19. The summed E-state index contributed by atoms with van der Waals surface area (Å²) in [4.78, 5) is 9.04. The summed E-state index contributed by atoms with van der Waals surface area (Å²) in [6.45, 7) is 0. The highest BCUT2D eigenvalue weighted by atomic mass is 32.1. The van der Waals surface area contributed by atoms with Crippen LogP contribution in [0, 0.1) is 11.3 Å². The van der Waals surface area contributed by atoms with E-state index in [2.05, 4.69) is 21.2 Å². The highest BCUT2D eigenvalue weighted by molar-refractivity contribution is 7.13. The summed E-state index contributed by atoms with van der Waals surface area (Å²) in [5.74, 6) is 1.15. The Morgan fingerprint density at radius 3 is 3.20 bits per heavy atom. The van der Waals surface area contributed by atoms with E-state index < -0.39 is 0 Å². The quantitative estimate of drug-likeness (QED) is 0.737. The summed E-state index contributed by atoms with van der Waals surface area (Å²) in [5.41, 5.74) is 1.72. The molecule has 0 unspecified atom stereocenters. The third kappa shape index (κ3) is 2.39. The first kappa shape index (κ1) is 9.80. The summed E-state index contributed by atoms with van der Waals surface area (Å²) in [6, 6.07) is 2.07. The second-order valence-corrected chi connectivity index (χ2v) is 3.78. The molecule has 0 bridgehead atoms. The molecule has 0 amide bonds. The van der Waals surface area contributed by atoms with E-state index in [4.69, 9.17) is 9.78 Å². The molecular formula is C9H8N4OS. The first-order valence-electron chi connectivity index (χ1n) is 4.48. The minimum atomic E-state index is 0.512. The Balaban J connectivity index is 2.02. The molecule has 6 heteroatoms. The van der Waals surface area contributed by atoms with Gasteiger partial charge in [0.1, 0.15) is 0 Å². The van der Waals surface area contributed by atoms with E-state index in [1.807, 2.05) is 0 Å². The maximum absolute atomic E-state index is 8.38. The van der Waals surface area contributed by atoms with Gasteiger partial charge in [0.05, 0.1) is 16.5 Å². The van der Waals surface area contributed by atoms with Gasteiger partial charge in [-0.2, -0.15) is 10.2 Å². The van der Waals surface area contributed by atoms with Crippen molar-refractivity contribution < 1.29 is 4.52 Å². The molecule has 2 rings (SSSR count). The van der Waals surface area contributed by atoms with Gasteiger partial charge < -0.3 is 4.52 Å². The SMILES string of the molecule is N#CCCCc1nc(-c2cncs2)no1. The van der Waals surface area contributed by atoms with Gasteiger partial charge in [-0.05, 0) is 6.42 Å². The molecule has 15 heavy (non-hydrogen) atoms. The smallest absolute Gasteiger partial charge is 0.227 e. The maximum Gasteiger partial charge on any atom is 0.227 e. The monoisotopic (exact) mass is 220 g/mol. The second-order valence-electron chi connectivity index (χ2n) is 2.89. The Bertz CT molecular complexity index is 457. The number of unbranched alkanes of at least 4 members (excludes halogenated alkanes) is 1. The number of hydrogen-bond acceptors (Lipinski definition) is 6. The van der Waals surface area contributed by atoms with Crippen molar-refractivity contribution in [2.75, 3.05) is 0 Å². The van der Waals surface area contributed by atoms with Gasteiger partial charge in [-0.25, -0.2) is 0 Å². The molecule has 0 radical (unpaired) electrons. The van der Waals surface area contributed by atoms with Crippen molar-refractivity contribution in [3.8, 4) is 16.8 Å². The summed E-state index contributed by atoms with van der Waals surface area (Å²) < 4.78 is 5.04. The minimum absolute atomic E-state index is 0.512. The molecular weight excluding hydrogens is 212 g/mol. The molecule has 0 spiro atoms. The Labute approximate surface area is 90.4 Å². The fourth-order valence-electron chi connectivity index (χ4n) is 1.10. The molecule has 0 saturated heterocycles. The topological polar surface area (TPSA) is 75.6 Å². The molecule has 0 aromatic carbocycles. The first-order valence-corrected chi connectivity index (χ1v) is 5.36. The number of hydrogen-bond donors (Lipinski definition) is 0. The second kappa shape index (κ2) is 4.66. The standard InChI is InChI=1S/C9H8N4OS/c10-4-2-1-3-8-12-9(13-14-8)7-5-11-6-15-7/h5-6H,1-3H2. The highest BCUT2D eigenvalue weighted by Gasteiger charge is 2.09. The molecule has 0 aliphatic heterocycles. The molecule has 2 heterocycles. The third-order valence-electron chi connectivity index (χ3n) is 1.80. The predicted molar refractivity (Wildman–Crippen MR) is 54.0 cm³/mol. The van der Waals surface area contributed by atoms with Crippen molar-refractivity contribution in [2.45, 2.75) is 19.3 Å². The molecule has 76 valence electrons. The number of rotatable bonds is 4. The zero-order valence-corrected chi connectivity index (χ0v) is 8.70. The van der Waals surface area contributed by atoms with Crippen LogP contribution in [0.3, 0.4) is 0 Å². The van der Waals surface area contributed by atoms with Crippen LogP contribution in [0.5, 0.6) is 0 Å². The average molecular weight is 220 g/mol. The van der Waals surface area contributed by atoms with E-state index >= 15 is 0 Å². The minimum Gasteiger partial charge on any atom is -0.339 e. The van der Waals surface area contributed by atoms with Crippen LogP contribution in [-0.2, 0) is 6.42 Å². The van der Waals surface area contributed by atoms with Crippen molar-refractivity contribution in [2.24, 2.45) is 0 Å². The summed E-state index contributed by atoms with van der Waals surface area (Å²) >= 11 is 1.47. The van der Waals surface area contributed by atoms with Crippen LogP contribution in [0.2, 0.25) is 0 Å². The Morgan fingerprint density at radius 2 is 2.47 bits per heavy atom. The van der Waals surface area contributed by atoms with E-state index in [0.29, 0.717) is 24.6 Å². The van der Waals surface area contributed by atoms with Gasteiger partial charge in [0, 0.05) is 19.0 Å². The predicted octanol–water partition coefficient (Wildman–Crippen LogP) is 2.04. The van der Waals surface area contributed by atoms with Crippen molar-refractivity contribution in [3.05, 3.63) is 17.6 Å². The van der Waals surface area contributed by atoms with Gasteiger partial charge in [-0.15, -0.1) is 11.3 Å². The van der Waals surface area contributed by atoms with E-state index in [1.165, 1.54) is 11.3 Å². The van der Waals surface area contributed by atoms with E-state index in [9.17, 15) is 0 Å². The van der Waals surface area contributed by atoms with Crippen molar-refractivity contribution in [3.63, 3.8) is 0 Å². The van der Waals surface area contributed by atoms with Crippen LogP contribution in [0.4, 0.5) is 0 Å². The lowest BCUT2D eigenvalue weighted by Crippen LogP contribution is -1.84. The summed E-state index contributed by atoms with van der Waals surface area (Å²) in [5, 5.41) is 12.2. The van der Waals surface area contributed by atoms with Gasteiger partial charge >= 0.3 is 0 Å². The first-order chi connectivity index (χ1) is 7.40. The van der Waals surface area contributed by atoms with Crippen LogP contribution in [-0.4, -0.2) is 15.1 Å². The third-order valence-corrected chi connectivity index (χ3v) is 2.57. The molecule has 2 aromatic heterocycles. The van der Waals surface area contributed by atoms with Crippen LogP contribution >= 0.6 is 11.3 Å². The van der Waals surface area contributed by atoms with Gasteiger partial charge in [-0.3, -0.25) is 4.98 Å². The fraction of sp³-hybridized carbons (Fsp3) is 0.333. The Morgan fingerprint density at radius 1 is 1.53 bits per heavy atom. The molecule has 0 atom stereocenters. The largest absolute Gasteiger partial charge is 0.339 e. The van der Waals surface area contributed by atoms with E-state index in [-0.39, 0.29) is 0 Å². The number of aryl methyl sites for hydroxylation is 1. The Hall–Kier alpha value is -1.74. The lowest BCUT2D eigenvalue weighted by atomic mass is 10.2. The normalized spacial score (nSPS) is 10.1. The summed E-state index contributed by atoms with van der Waals surface area (Å²) in [6.07, 6.45) is 3.62. The van der Waals surface area contributed by atoms with Gasteiger partial charge in [0.2, 0.25) is 11.7 Å². The van der Waals surface area contributed by atoms with E-state index in [1.54, 1.807) is 11.7 Å². The van der Waals surface area contributed by atoms with Gasteiger partial charge in [-0.1, -0.05) is 5.16 Å². The van der Waals surface area contributed by atoms with Crippen molar-refractivity contribution in [1.82, 2.24) is 15.1 Å². The lowest BCUT2D eigenvalue weighted by Gasteiger charge is -1.86. The van der Waals surface area contributed by atoms with Crippen LogP contribution in [0.1, 0.15) is 18.7 Å². The van der Waals surface area contributed by atoms with Gasteiger partial charge in [0.15, 0.2) is 0 Å². The lowest BCUT2D eigenvalue weighted by molar-refractivity contribution is 0.376. The fourth-order valence-corrected chi connectivity index (χ4v) is 1.65. The number of nitriles is 1. The van der Waals surface area contributed by atoms with E-state index in [0.717, 1.165) is 11.3 Å². The number of aromatic nitrogens is 3. The molecule has 0 aliphatic carbocycles. The maximum atomic E-state index is 8.38. The molecule has 0 fully saturated rings. The van der Waals surface area contributed by atoms with Crippen LogP contribution in [0.25, 0.3) is 10.7 Å². The summed E-state index contributed by atoms with van der Waals surface area (Å²) in [7, 11) is 0. The average Bonchev–Trinajstić information content (AvgIpc) is 2.87. The van der Waals surface area contributed by atoms with Crippen LogP contribution in [0.15, 0.2) is 16.2 Å². The molecule has 0 N–H and O–H groups in total. The molecule has 0 aliphatic rings. The molecule has 0 saturated carbocycles. The number of thiazole rings is 1. The van der Waals surface area contributed by atoms with Gasteiger partial charge in [0.25, 0.3) is 0 Å². The zero-order chi connectivity index (χ0) is 10.5. The van der Waals surface area contributed by atoms with Crippen molar-refractivity contribution in [1.29, 1.82) is 5.26 Å². The molecule has 2 aromatic rings. The molecule has 5 nitrogen and oxygen atoms in total. The number of nitrogens with zero attached hydrogens (tertiary/aromatic N) is 4. The Kier molecular flexibility index (Phi) is 3.05. The van der Waals surface area contributed by atoms with Crippen molar-refractivity contribution >= 4 is 11.3 Å². The zero-order valence-electron chi connectivity index (χ0n) is 7.88. The van der Waals surface area contributed by atoms with Crippen LogP contribution < -0.4 is 0 Å².